The summed E-state index contributed by atoms with van der Waals surface area (Å²) in [7, 11) is 0. The first-order valence-corrected chi connectivity index (χ1v) is 12.2. The number of likely N-dealkylation sites (tertiary alicyclic amines) is 1. The maximum Gasteiger partial charge on any atom is 0.306 e. The zero-order valence-electron chi connectivity index (χ0n) is 18.6. The fourth-order valence-corrected chi connectivity index (χ4v) is 5.60. The van der Waals surface area contributed by atoms with Gasteiger partial charge in [0.25, 0.3) is 0 Å². The molecule has 2 amide bonds. The molecule has 2 fully saturated rings. The molecule has 176 valence electrons. The van der Waals surface area contributed by atoms with Gasteiger partial charge in [0, 0.05) is 25.4 Å². The van der Waals surface area contributed by atoms with Gasteiger partial charge in [0.1, 0.15) is 6.04 Å². The first-order valence-electron chi connectivity index (χ1n) is 11.3. The number of carboxylic acid groups (broad SMARTS) is 1. The van der Waals surface area contributed by atoms with E-state index in [2.05, 4.69) is 10.3 Å². The number of benzene rings is 1. The van der Waals surface area contributed by atoms with Gasteiger partial charge in [0.2, 0.25) is 11.8 Å². The van der Waals surface area contributed by atoms with E-state index < -0.39 is 24.0 Å². The number of amides is 2. The van der Waals surface area contributed by atoms with Gasteiger partial charge in [-0.05, 0) is 43.7 Å². The van der Waals surface area contributed by atoms with Gasteiger partial charge in [-0.1, -0.05) is 24.3 Å². The molecule has 4 rings (SSSR count). The average Bonchev–Trinajstić information content (AvgIpc) is 3.43. The summed E-state index contributed by atoms with van der Waals surface area (Å²) < 4.78 is 0. The lowest BCUT2D eigenvalue weighted by atomic mass is 9.81. The van der Waals surface area contributed by atoms with Crippen molar-refractivity contribution < 1.29 is 24.6 Å². The first-order chi connectivity index (χ1) is 15.8. The SMILES string of the molecule is Cc1ncsc1-c1ccc(CNC(=O)[C@@H]2C[C@@H](O)CN2C(=O)C2CCC(C(=O)O)CC2)cc1. The summed E-state index contributed by atoms with van der Waals surface area (Å²) >= 11 is 1.59. The molecule has 9 heteroatoms. The van der Waals surface area contributed by atoms with Gasteiger partial charge in [0.05, 0.1) is 28.1 Å². The van der Waals surface area contributed by atoms with Crippen LogP contribution in [0.2, 0.25) is 0 Å². The minimum absolute atomic E-state index is 0.138. The van der Waals surface area contributed by atoms with Crippen LogP contribution in [0.25, 0.3) is 10.4 Å². The van der Waals surface area contributed by atoms with Crippen molar-refractivity contribution in [3.63, 3.8) is 0 Å². The lowest BCUT2D eigenvalue weighted by Gasteiger charge is -2.31. The van der Waals surface area contributed by atoms with Crippen molar-refractivity contribution in [2.24, 2.45) is 11.8 Å². The minimum Gasteiger partial charge on any atom is -0.481 e. The Hall–Kier alpha value is -2.78. The Morgan fingerprint density at radius 3 is 2.39 bits per heavy atom. The highest BCUT2D eigenvalue weighted by atomic mass is 32.1. The zero-order chi connectivity index (χ0) is 23.5. The summed E-state index contributed by atoms with van der Waals surface area (Å²) in [4.78, 5) is 44.0. The summed E-state index contributed by atoms with van der Waals surface area (Å²) in [5.74, 6) is -1.93. The number of aryl methyl sites for hydroxylation is 1. The maximum absolute atomic E-state index is 13.1. The van der Waals surface area contributed by atoms with Crippen LogP contribution in [0.3, 0.4) is 0 Å². The van der Waals surface area contributed by atoms with E-state index in [0.717, 1.165) is 21.7 Å². The van der Waals surface area contributed by atoms with Crippen LogP contribution in [-0.4, -0.2) is 56.6 Å². The van der Waals surface area contributed by atoms with E-state index in [-0.39, 0.29) is 30.7 Å². The Morgan fingerprint density at radius 2 is 1.79 bits per heavy atom. The zero-order valence-corrected chi connectivity index (χ0v) is 19.4. The molecule has 1 aliphatic heterocycles. The highest BCUT2D eigenvalue weighted by Gasteiger charge is 2.42. The molecule has 2 aromatic rings. The second kappa shape index (κ2) is 10.0. The summed E-state index contributed by atoms with van der Waals surface area (Å²) in [6, 6.07) is 7.23. The van der Waals surface area contributed by atoms with Gasteiger partial charge in [0.15, 0.2) is 0 Å². The second-order valence-electron chi connectivity index (χ2n) is 8.96. The second-order valence-corrected chi connectivity index (χ2v) is 9.82. The molecule has 2 heterocycles. The fourth-order valence-electron chi connectivity index (χ4n) is 4.79. The topological polar surface area (TPSA) is 120 Å². The van der Waals surface area contributed by atoms with Gasteiger partial charge in [-0.25, -0.2) is 4.98 Å². The van der Waals surface area contributed by atoms with E-state index in [1.165, 1.54) is 4.90 Å². The molecule has 1 aromatic heterocycles. The van der Waals surface area contributed by atoms with Gasteiger partial charge in [-0.3, -0.25) is 14.4 Å². The predicted octanol–water partition coefficient (Wildman–Crippen LogP) is 2.59. The molecule has 0 radical (unpaired) electrons. The van der Waals surface area contributed by atoms with Crippen molar-refractivity contribution in [3.05, 3.63) is 41.0 Å². The van der Waals surface area contributed by atoms with Crippen molar-refractivity contribution in [2.45, 2.75) is 57.7 Å². The van der Waals surface area contributed by atoms with E-state index in [1.807, 2.05) is 36.7 Å². The average molecular weight is 472 g/mol. The highest BCUT2D eigenvalue weighted by Crippen LogP contribution is 2.32. The molecular formula is C24H29N3O5S. The molecule has 1 saturated carbocycles. The number of nitrogens with one attached hydrogen (secondary N) is 1. The largest absolute Gasteiger partial charge is 0.481 e. The number of rotatable bonds is 6. The van der Waals surface area contributed by atoms with Crippen LogP contribution < -0.4 is 5.32 Å². The van der Waals surface area contributed by atoms with Gasteiger partial charge >= 0.3 is 5.97 Å². The number of aromatic nitrogens is 1. The third kappa shape index (κ3) is 5.25. The molecule has 1 saturated heterocycles. The van der Waals surface area contributed by atoms with Gasteiger partial charge in [-0.15, -0.1) is 11.3 Å². The Bertz CT molecular complexity index is 1010. The number of carbonyl (C=O) groups is 3. The number of carboxylic acids is 1. The molecule has 0 unspecified atom stereocenters. The molecule has 3 N–H and O–H groups in total. The number of hydrogen-bond acceptors (Lipinski definition) is 6. The number of nitrogens with zero attached hydrogens (tertiary/aromatic N) is 2. The van der Waals surface area contributed by atoms with Crippen LogP contribution in [-0.2, 0) is 20.9 Å². The summed E-state index contributed by atoms with van der Waals surface area (Å²) in [6.45, 7) is 2.44. The standard InChI is InChI=1S/C24H29N3O5S/c1-14-21(33-13-26-14)16-4-2-15(3-5-16)11-25-22(29)20-10-19(28)12-27(20)23(30)17-6-8-18(9-7-17)24(31)32/h2-5,13,17-20,28H,6-12H2,1H3,(H,25,29)(H,31,32)/t17?,18?,19-,20+/m1/s1. The van der Waals surface area contributed by atoms with E-state index in [1.54, 1.807) is 11.3 Å². The summed E-state index contributed by atoms with van der Waals surface area (Å²) in [5, 5.41) is 22.2. The number of β-amino-alcohol motifs (C(OH)–C–C–N with tert-alkyl or cyclic N) is 1. The monoisotopic (exact) mass is 471 g/mol. The number of aliphatic hydroxyl groups is 1. The molecule has 1 aromatic carbocycles. The summed E-state index contributed by atoms with van der Waals surface area (Å²) in [5.41, 5.74) is 4.83. The predicted molar refractivity (Wildman–Crippen MR) is 123 cm³/mol. The van der Waals surface area contributed by atoms with Crippen LogP contribution in [0.4, 0.5) is 0 Å². The van der Waals surface area contributed by atoms with Crippen molar-refractivity contribution in [1.82, 2.24) is 15.2 Å². The first kappa shape index (κ1) is 23.4. The van der Waals surface area contributed by atoms with E-state index in [9.17, 15) is 19.5 Å². The van der Waals surface area contributed by atoms with Crippen LogP contribution in [0, 0.1) is 18.8 Å². The van der Waals surface area contributed by atoms with E-state index in [4.69, 9.17) is 5.11 Å². The third-order valence-electron chi connectivity index (χ3n) is 6.72. The van der Waals surface area contributed by atoms with Crippen molar-refractivity contribution in [3.8, 4) is 10.4 Å². The Kier molecular flexibility index (Phi) is 7.09. The van der Waals surface area contributed by atoms with Gasteiger partial charge < -0.3 is 20.4 Å². The number of aliphatic hydroxyl groups excluding tert-OH is 1. The Morgan fingerprint density at radius 1 is 1.12 bits per heavy atom. The quantitative estimate of drug-likeness (QED) is 0.596. The molecule has 0 bridgehead atoms. The lowest BCUT2D eigenvalue weighted by molar-refractivity contribution is -0.147. The van der Waals surface area contributed by atoms with Crippen molar-refractivity contribution >= 4 is 29.1 Å². The molecule has 2 aliphatic rings. The number of aliphatic carboxylic acids is 1. The Balaban J connectivity index is 1.34. The smallest absolute Gasteiger partial charge is 0.306 e. The maximum atomic E-state index is 13.1. The third-order valence-corrected chi connectivity index (χ3v) is 7.70. The molecule has 1 aliphatic carbocycles. The van der Waals surface area contributed by atoms with Crippen LogP contribution in [0.5, 0.6) is 0 Å². The number of hydrogen-bond donors (Lipinski definition) is 3. The van der Waals surface area contributed by atoms with Crippen LogP contribution >= 0.6 is 11.3 Å². The van der Waals surface area contributed by atoms with Crippen LogP contribution in [0.1, 0.15) is 43.4 Å². The van der Waals surface area contributed by atoms with E-state index >= 15 is 0 Å². The van der Waals surface area contributed by atoms with Crippen molar-refractivity contribution in [1.29, 1.82) is 0 Å². The van der Waals surface area contributed by atoms with Crippen molar-refractivity contribution in [2.75, 3.05) is 6.54 Å². The molecule has 0 spiro atoms. The molecular weight excluding hydrogens is 442 g/mol. The van der Waals surface area contributed by atoms with Crippen LogP contribution in [0.15, 0.2) is 29.8 Å². The lowest BCUT2D eigenvalue weighted by Crippen LogP contribution is -2.48. The number of thiazole rings is 1. The molecule has 2 atom stereocenters. The molecule has 33 heavy (non-hydrogen) atoms. The van der Waals surface area contributed by atoms with E-state index in [0.29, 0.717) is 32.2 Å². The highest BCUT2D eigenvalue weighted by molar-refractivity contribution is 7.13. The normalized spacial score (nSPS) is 25.1. The Labute approximate surface area is 196 Å². The fraction of sp³-hybridized carbons (Fsp3) is 0.500. The molecule has 8 nitrogen and oxygen atoms in total. The minimum atomic E-state index is -0.815. The number of carbonyl (C=O) groups excluding carboxylic acids is 2. The van der Waals surface area contributed by atoms with Gasteiger partial charge in [-0.2, -0.15) is 0 Å². The summed E-state index contributed by atoms with van der Waals surface area (Å²) in [6.07, 6.45) is 1.42.